The molecule has 0 bridgehead atoms. The molecular weight excluding hydrogens is 368 g/mol. The largest absolute Gasteiger partial charge is 0.368 e. The molecule has 0 N–H and O–H groups in total. The highest BCUT2D eigenvalue weighted by atomic mass is 16.5. The van der Waals surface area contributed by atoms with Crippen LogP contribution < -0.4 is 0 Å². The number of ether oxygens (including phenoxy) is 1. The van der Waals surface area contributed by atoms with Crippen LogP contribution in [0.2, 0.25) is 0 Å². The molecule has 0 aromatic carbocycles. The fourth-order valence-corrected chi connectivity index (χ4v) is 3.59. The highest BCUT2D eigenvalue weighted by molar-refractivity contribution is 5.92. The van der Waals surface area contributed by atoms with Crippen molar-refractivity contribution in [1.29, 1.82) is 0 Å². The first-order valence-corrected chi connectivity index (χ1v) is 9.83. The van der Waals surface area contributed by atoms with Gasteiger partial charge in [-0.15, -0.1) is 0 Å². The van der Waals surface area contributed by atoms with Crippen LogP contribution in [0.5, 0.6) is 0 Å². The molecule has 1 aliphatic heterocycles. The van der Waals surface area contributed by atoms with Gasteiger partial charge in [0.25, 0.3) is 5.91 Å². The molecule has 1 amide bonds. The molecule has 3 aromatic heterocycles. The van der Waals surface area contributed by atoms with Crippen molar-refractivity contribution >= 4 is 5.91 Å². The number of morpholine rings is 1. The summed E-state index contributed by atoms with van der Waals surface area (Å²) in [6, 6.07) is 11.3. The molecular formula is C22H24N4O3. The number of rotatable bonds is 4. The monoisotopic (exact) mass is 392 g/mol. The number of nitrogens with zero attached hydrogens (tertiary/aromatic N) is 4. The summed E-state index contributed by atoms with van der Waals surface area (Å²) in [6.45, 7) is 7.26. The Bertz CT molecular complexity index is 1030. The molecule has 0 aliphatic carbocycles. The summed E-state index contributed by atoms with van der Waals surface area (Å²) in [5.41, 5.74) is 4.64. The van der Waals surface area contributed by atoms with E-state index in [1.165, 1.54) is 0 Å². The SMILES string of the molecule is CCc1onc(C)c1-c1cccc([C@@H]2CN(C(=O)c3cccc(C)n3)CCO2)n1. The van der Waals surface area contributed by atoms with E-state index in [4.69, 9.17) is 14.2 Å². The van der Waals surface area contributed by atoms with Crippen molar-refractivity contribution < 1.29 is 14.1 Å². The number of carbonyl (C=O) groups is 1. The van der Waals surface area contributed by atoms with Crippen molar-refractivity contribution in [2.45, 2.75) is 33.3 Å². The van der Waals surface area contributed by atoms with Crippen LogP contribution in [0.4, 0.5) is 0 Å². The molecule has 1 fully saturated rings. The summed E-state index contributed by atoms with van der Waals surface area (Å²) in [4.78, 5) is 23.8. The van der Waals surface area contributed by atoms with Gasteiger partial charge in [0, 0.05) is 18.7 Å². The summed E-state index contributed by atoms with van der Waals surface area (Å²) in [7, 11) is 0. The van der Waals surface area contributed by atoms with E-state index in [9.17, 15) is 4.79 Å². The minimum atomic E-state index is -0.289. The van der Waals surface area contributed by atoms with Crippen molar-refractivity contribution in [2.75, 3.05) is 19.7 Å². The van der Waals surface area contributed by atoms with E-state index in [0.717, 1.165) is 40.5 Å². The molecule has 0 saturated carbocycles. The van der Waals surface area contributed by atoms with E-state index in [1.54, 1.807) is 11.0 Å². The van der Waals surface area contributed by atoms with Gasteiger partial charge in [-0.3, -0.25) is 4.79 Å². The minimum Gasteiger partial charge on any atom is -0.368 e. The second-order valence-corrected chi connectivity index (χ2v) is 7.14. The second-order valence-electron chi connectivity index (χ2n) is 7.14. The smallest absolute Gasteiger partial charge is 0.272 e. The average molecular weight is 392 g/mol. The molecule has 7 heteroatoms. The topological polar surface area (TPSA) is 81.4 Å². The van der Waals surface area contributed by atoms with Gasteiger partial charge in [0.2, 0.25) is 0 Å². The molecule has 3 aromatic rings. The van der Waals surface area contributed by atoms with E-state index < -0.39 is 0 Å². The summed E-state index contributed by atoms with van der Waals surface area (Å²) in [5, 5.41) is 4.08. The van der Waals surface area contributed by atoms with Gasteiger partial charge in [-0.1, -0.05) is 24.2 Å². The van der Waals surface area contributed by atoms with Crippen molar-refractivity contribution in [1.82, 2.24) is 20.0 Å². The lowest BCUT2D eigenvalue weighted by Gasteiger charge is -2.32. The van der Waals surface area contributed by atoms with Crippen molar-refractivity contribution in [2.24, 2.45) is 0 Å². The number of aryl methyl sites for hydroxylation is 3. The first-order valence-electron chi connectivity index (χ1n) is 9.83. The molecule has 0 radical (unpaired) electrons. The highest BCUT2D eigenvalue weighted by Gasteiger charge is 2.28. The Hall–Kier alpha value is -3.06. The fourth-order valence-electron chi connectivity index (χ4n) is 3.59. The first kappa shape index (κ1) is 19.3. The average Bonchev–Trinajstić information content (AvgIpc) is 3.14. The Balaban J connectivity index is 1.57. The summed E-state index contributed by atoms with van der Waals surface area (Å²) >= 11 is 0. The van der Waals surface area contributed by atoms with Crippen LogP contribution in [0, 0.1) is 13.8 Å². The van der Waals surface area contributed by atoms with Gasteiger partial charge >= 0.3 is 0 Å². The van der Waals surface area contributed by atoms with E-state index in [-0.39, 0.29) is 12.0 Å². The predicted octanol–water partition coefficient (Wildman–Crippen LogP) is 3.52. The molecule has 0 spiro atoms. The third-order valence-electron chi connectivity index (χ3n) is 5.07. The van der Waals surface area contributed by atoms with Gasteiger partial charge in [0.1, 0.15) is 17.6 Å². The van der Waals surface area contributed by atoms with Gasteiger partial charge in [0.15, 0.2) is 0 Å². The van der Waals surface area contributed by atoms with Crippen LogP contribution in [0.25, 0.3) is 11.3 Å². The first-order chi connectivity index (χ1) is 14.1. The Morgan fingerprint density at radius 1 is 1.17 bits per heavy atom. The zero-order valence-electron chi connectivity index (χ0n) is 16.9. The molecule has 4 heterocycles. The van der Waals surface area contributed by atoms with Crippen LogP contribution in [0.1, 0.15) is 46.4 Å². The Morgan fingerprint density at radius 3 is 2.79 bits per heavy atom. The Labute approximate surface area is 169 Å². The quantitative estimate of drug-likeness (QED) is 0.676. The molecule has 4 rings (SSSR count). The van der Waals surface area contributed by atoms with Gasteiger partial charge in [-0.2, -0.15) is 0 Å². The van der Waals surface area contributed by atoms with E-state index in [2.05, 4.69) is 10.1 Å². The highest BCUT2D eigenvalue weighted by Crippen LogP contribution is 2.29. The summed E-state index contributed by atoms with van der Waals surface area (Å²) < 4.78 is 11.4. The van der Waals surface area contributed by atoms with Crippen molar-refractivity contribution in [3.05, 3.63) is 64.9 Å². The number of hydrogen-bond acceptors (Lipinski definition) is 6. The maximum atomic E-state index is 12.9. The normalized spacial score (nSPS) is 16.8. The zero-order chi connectivity index (χ0) is 20.4. The summed E-state index contributed by atoms with van der Waals surface area (Å²) in [5.74, 6) is 0.736. The fraction of sp³-hybridized carbons (Fsp3) is 0.364. The van der Waals surface area contributed by atoms with Crippen molar-refractivity contribution in [3.63, 3.8) is 0 Å². The molecule has 7 nitrogen and oxygen atoms in total. The molecule has 0 unspecified atom stereocenters. The van der Waals surface area contributed by atoms with Crippen LogP contribution >= 0.6 is 0 Å². The number of aromatic nitrogens is 3. The number of carbonyl (C=O) groups excluding carboxylic acids is 1. The Morgan fingerprint density at radius 2 is 2.00 bits per heavy atom. The molecule has 150 valence electrons. The van der Waals surface area contributed by atoms with E-state index in [1.807, 2.05) is 51.1 Å². The maximum absolute atomic E-state index is 12.9. The number of hydrogen-bond donors (Lipinski definition) is 0. The standard InChI is InChI=1S/C22H24N4O3/c1-4-19-21(15(3)25-29-19)17-9-6-8-16(24-17)20-13-26(11-12-28-20)22(27)18-10-5-7-14(2)23-18/h5-10,20H,4,11-13H2,1-3H3/t20-/m0/s1. The zero-order valence-corrected chi connectivity index (χ0v) is 16.9. The van der Waals surface area contributed by atoms with Crippen LogP contribution in [-0.4, -0.2) is 45.6 Å². The van der Waals surface area contributed by atoms with Crippen LogP contribution in [-0.2, 0) is 11.2 Å². The maximum Gasteiger partial charge on any atom is 0.272 e. The minimum absolute atomic E-state index is 0.0821. The van der Waals surface area contributed by atoms with Gasteiger partial charge in [0.05, 0.1) is 35.8 Å². The third kappa shape index (κ3) is 3.91. The molecule has 1 aliphatic rings. The Kier molecular flexibility index (Phi) is 5.40. The van der Waals surface area contributed by atoms with E-state index >= 15 is 0 Å². The van der Waals surface area contributed by atoms with Gasteiger partial charge < -0.3 is 14.2 Å². The lowest BCUT2D eigenvalue weighted by Crippen LogP contribution is -2.42. The number of amides is 1. The molecule has 1 saturated heterocycles. The van der Waals surface area contributed by atoms with Crippen molar-refractivity contribution in [3.8, 4) is 11.3 Å². The molecule has 29 heavy (non-hydrogen) atoms. The third-order valence-corrected chi connectivity index (χ3v) is 5.07. The number of pyridine rings is 2. The van der Waals surface area contributed by atoms with Gasteiger partial charge in [-0.25, -0.2) is 9.97 Å². The lowest BCUT2D eigenvalue weighted by molar-refractivity contribution is -0.0248. The predicted molar refractivity (Wildman–Crippen MR) is 107 cm³/mol. The van der Waals surface area contributed by atoms with Crippen LogP contribution in [0.3, 0.4) is 0 Å². The van der Waals surface area contributed by atoms with E-state index in [0.29, 0.717) is 25.4 Å². The summed E-state index contributed by atoms with van der Waals surface area (Å²) in [6.07, 6.45) is 0.455. The molecule has 1 atom stereocenters. The second kappa shape index (κ2) is 8.13. The van der Waals surface area contributed by atoms with Gasteiger partial charge in [-0.05, 0) is 38.1 Å². The lowest BCUT2D eigenvalue weighted by atomic mass is 10.1. The van der Waals surface area contributed by atoms with Crippen LogP contribution in [0.15, 0.2) is 40.9 Å².